The molecular formula is C27H29B3N8O6S2. The lowest BCUT2D eigenvalue weighted by molar-refractivity contribution is -0.117. The minimum absolute atomic E-state index is 0.00896. The molecule has 2 fully saturated rings. The van der Waals surface area contributed by atoms with E-state index in [1.807, 2.05) is 0 Å². The first kappa shape index (κ1) is 33.4. The molecule has 1 saturated carbocycles. The van der Waals surface area contributed by atoms with Gasteiger partial charge in [-0.25, -0.2) is 13.4 Å². The van der Waals surface area contributed by atoms with Crippen LogP contribution in [-0.2, 0) is 14.8 Å². The topological polar surface area (TPSA) is 176 Å². The van der Waals surface area contributed by atoms with Crippen molar-refractivity contribution in [3.05, 3.63) is 41.0 Å². The number of piperazine rings is 1. The second-order valence-electron chi connectivity index (χ2n) is 10.8. The maximum Gasteiger partial charge on any atom is 0.272 e. The molecule has 3 aromatic rings. The fraction of sp³-hybridized carbons (Fsp3) is 0.407. The van der Waals surface area contributed by atoms with Crippen LogP contribution < -0.4 is 20.7 Å². The summed E-state index contributed by atoms with van der Waals surface area (Å²) in [5, 5.41) is 14.4. The third-order valence-corrected chi connectivity index (χ3v) is 10.2. The van der Waals surface area contributed by atoms with Gasteiger partial charge in [-0.1, -0.05) is 11.3 Å². The number of benzene rings is 1. The zero-order valence-corrected chi connectivity index (χ0v) is 26.8. The Bertz CT molecular complexity index is 1760. The van der Waals surface area contributed by atoms with Gasteiger partial charge in [0.1, 0.15) is 9.88 Å². The number of aromatic nitrogens is 3. The SMILES string of the molecule is [B]C([B])([B])NC(=O)c1nnc(NC(=O)C2CC2)cc1Nc1cccc(-c2ncc(C(=O)N3CCN(S(=O)(=O)CC)CC3)s2)c1OC. The van der Waals surface area contributed by atoms with E-state index in [1.165, 1.54) is 23.7 Å². The number of ether oxygens (including phenoxy) is 1. The highest BCUT2D eigenvalue weighted by Crippen LogP contribution is 2.40. The predicted molar refractivity (Wildman–Crippen MR) is 175 cm³/mol. The summed E-state index contributed by atoms with van der Waals surface area (Å²) >= 11 is 1.16. The van der Waals surface area contributed by atoms with Crippen LogP contribution in [0.15, 0.2) is 30.5 Å². The molecule has 1 aliphatic heterocycles. The summed E-state index contributed by atoms with van der Waals surface area (Å²) in [6, 6.07) is 6.61. The summed E-state index contributed by atoms with van der Waals surface area (Å²) in [6.07, 6.45) is 3.04. The smallest absolute Gasteiger partial charge is 0.272 e. The molecule has 234 valence electrons. The number of carbonyl (C=O) groups excluding carboxylic acids is 3. The molecule has 3 heterocycles. The van der Waals surface area contributed by atoms with Gasteiger partial charge in [-0.05, 0) is 31.9 Å². The first-order chi connectivity index (χ1) is 21.8. The molecular weight excluding hydrogens is 629 g/mol. The van der Waals surface area contributed by atoms with E-state index in [2.05, 4.69) is 31.1 Å². The molecule has 3 N–H and O–H groups in total. The largest absolute Gasteiger partial charge is 0.494 e. The van der Waals surface area contributed by atoms with Gasteiger partial charge in [0.25, 0.3) is 11.8 Å². The van der Waals surface area contributed by atoms with Gasteiger partial charge in [-0.2, -0.15) is 4.31 Å². The summed E-state index contributed by atoms with van der Waals surface area (Å²) in [4.78, 5) is 45.0. The van der Waals surface area contributed by atoms with E-state index in [9.17, 15) is 22.8 Å². The molecule has 0 unspecified atom stereocenters. The third kappa shape index (κ3) is 7.70. The lowest BCUT2D eigenvalue weighted by Crippen LogP contribution is -2.50. The lowest BCUT2D eigenvalue weighted by atomic mass is 9.49. The molecule has 1 saturated heterocycles. The van der Waals surface area contributed by atoms with Crippen LogP contribution in [0.1, 0.15) is 39.9 Å². The van der Waals surface area contributed by atoms with Crippen molar-refractivity contribution in [1.82, 2.24) is 29.7 Å². The average molecular weight is 658 g/mol. The van der Waals surface area contributed by atoms with Gasteiger partial charge in [-0.15, -0.1) is 21.5 Å². The Morgan fingerprint density at radius 3 is 2.43 bits per heavy atom. The van der Waals surface area contributed by atoms with Crippen LogP contribution in [0, 0.1) is 5.92 Å². The Morgan fingerprint density at radius 2 is 1.80 bits per heavy atom. The van der Waals surface area contributed by atoms with Crippen LogP contribution in [0.3, 0.4) is 0 Å². The molecule has 0 atom stereocenters. The summed E-state index contributed by atoms with van der Waals surface area (Å²) in [6.45, 7) is 2.59. The molecule has 0 spiro atoms. The third-order valence-electron chi connectivity index (χ3n) is 7.26. The molecule has 19 heteroatoms. The molecule has 6 radical (unpaired) electrons. The summed E-state index contributed by atoms with van der Waals surface area (Å²) < 4.78 is 31.5. The number of sulfonamides is 1. The average Bonchev–Trinajstić information content (AvgIpc) is 3.76. The van der Waals surface area contributed by atoms with Gasteiger partial charge >= 0.3 is 0 Å². The standard InChI is InChI=1S/C27H29B3N8O6S2/c1-3-46(42,43)38-11-9-37(10-12-38)26(41)19-14-31-25(45-19)16-5-4-6-17(22(16)44-2)32-18-13-20(33-23(39)15-7-8-15)35-36-21(18)24(40)34-27(28,29)30/h4-6,13-15H,3,7-12H2,1-2H3,(H,34,40)(H2,32,33,35,39). The van der Waals surface area contributed by atoms with Crippen molar-refractivity contribution < 1.29 is 27.5 Å². The number of rotatable bonds is 11. The summed E-state index contributed by atoms with van der Waals surface area (Å²) in [5.41, 5.74) is 0.877. The van der Waals surface area contributed by atoms with Crippen LogP contribution in [0.25, 0.3) is 10.6 Å². The van der Waals surface area contributed by atoms with Crippen molar-refractivity contribution in [2.45, 2.75) is 25.0 Å². The maximum atomic E-state index is 13.3. The Balaban J connectivity index is 1.40. The molecule has 5 rings (SSSR count). The van der Waals surface area contributed by atoms with Crippen molar-refractivity contribution in [1.29, 1.82) is 0 Å². The number of thiazole rings is 1. The normalized spacial score (nSPS) is 15.7. The Morgan fingerprint density at radius 1 is 1.09 bits per heavy atom. The lowest BCUT2D eigenvalue weighted by Gasteiger charge is -2.33. The summed E-state index contributed by atoms with van der Waals surface area (Å²) in [5.74, 6) is -0.913. The van der Waals surface area contributed by atoms with E-state index in [4.69, 9.17) is 28.3 Å². The van der Waals surface area contributed by atoms with Gasteiger partial charge < -0.3 is 25.6 Å². The molecule has 0 bridgehead atoms. The zero-order chi connectivity index (χ0) is 33.2. The van der Waals surface area contributed by atoms with Crippen LogP contribution >= 0.6 is 11.3 Å². The molecule has 1 aliphatic carbocycles. The molecule has 1 aromatic carbocycles. The fourth-order valence-corrected chi connectivity index (χ4v) is 6.71. The monoisotopic (exact) mass is 658 g/mol. The number of methoxy groups -OCH3 is 1. The molecule has 14 nitrogen and oxygen atoms in total. The second kappa shape index (κ2) is 13.4. The van der Waals surface area contributed by atoms with Gasteiger partial charge in [0.05, 0.1) is 59.5 Å². The zero-order valence-electron chi connectivity index (χ0n) is 25.1. The van der Waals surface area contributed by atoms with Gasteiger partial charge in [-0.3, -0.25) is 14.4 Å². The Hall–Kier alpha value is -3.96. The van der Waals surface area contributed by atoms with Crippen molar-refractivity contribution in [2.24, 2.45) is 5.92 Å². The highest BCUT2D eigenvalue weighted by atomic mass is 32.2. The summed E-state index contributed by atoms with van der Waals surface area (Å²) in [7, 11) is 14.8. The fourth-order valence-electron chi connectivity index (χ4n) is 4.72. The first-order valence-electron chi connectivity index (χ1n) is 14.3. The van der Waals surface area contributed by atoms with E-state index in [0.29, 0.717) is 26.9 Å². The second-order valence-corrected chi connectivity index (χ2v) is 14.1. The number of nitrogens with zero attached hydrogens (tertiary/aromatic N) is 5. The first-order valence-corrected chi connectivity index (χ1v) is 16.8. The van der Waals surface area contributed by atoms with E-state index in [1.54, 1.807) is 30.0 Å². The van der Waals surface area contributed by atoms with Gasteiger partial charge in [0, 0.05) is 38.2 Å². The minimum atomic E-state index is -3.33. The predicted octanol–water partition coefficient (Wildman–Crippen LogP) is 0.655. The van der Waals surface area contributed by atoms with E-state index < -0.39 is 21.2 Å². The van der Waals surface area contributed by atoms with Crippen molar-refractivity contribution in [3.8, 4) is 16.3 Å². The van der Waals surface area contributed by atoms with Crippen molar-refractivity contribution >= 4 is 79.8 Å². The number of hydrogen-bond acceptors (Lipinski definition) is 11. The minimum Gasteiger partial charge on any atom is -0.494 e. The van der Waals surface area contributed by atoms with Crippen LogP contribution in [0.2, 0.25) is 0 Å². The van der Waals surface area contributed by atoms with Crippen molar-refractivity contribution in [3.63, 3.8) is 0 Å². The highest BCUT2D eigenvalue weighted by molar-refractivity contribution is 7.89. The molecule has 2 aliphatic rings. The Labute approximate surface area is 274 Å². The molecule has 3 amide bonds. The van der Waals surface area contributed by atoms with Gasteiger partial charge in [0.2, 0.25) is 15.9 Å². The van der Waals surface area contributed by atoms with E-state index in [-0.39, 0.29) is 66.9 Å². The molecule has 2 aromatic heterocycles. The number of para-hydroxylation sites is 1. The highest BCUT2D eigenvalue weighted by Gasteiger charge is 2.31. The molecule has 46 heavy (non-hydrogen) atoms. The number of hydrogen-bond donors (Lipinski definition) is 3. The van der Waals surface area contributed by atoms with Crippen LogP contribution in [0.4, 0.5) is 17.2 Å². The van der Waals surface area contributed by atoms with Crippen LogP contribution in [-0.4, -0.2) is 118 Å². The number of carbonyl (C=O) groups is 3. The van der Waals surface area contributed by atoms with Gasteiger partial charge in [0.15, 0.2) is 17.3 Å². The van der Waals surface area contributed by atoms with E-state index >= 15 is 0 Å². The number of anilines is 3. The van der Waals surface area contributed by atoms with Crippen LogP contribution in [0.5, 0.6) is 5.75 Å². The van der Waals surface area contributed by atoms with Crippen molar-refractivity contribution in [2.75, 3.05) is 49.7 Å². The number of nitrogens with one attached hydrogen (secondary N) is 3. The number of amides is 3. The quantitative estimate of drug-likeness (QED) is 0.248. The Kier molecular flexibility index (Phi) is 9.74. The maximum absolute atomic E-state index is 13.3. The van der Waals surface area contributed by atoms with E-state index in [0.717, 1.165) is 24.2 Å².